The number of furan rings is 1. The van der Waals surface area contributed by atoms with Crippen molar-refractivity contribution >= 4 is 76.1 Å². The van der Waals surface area contributed by atoms with Crippen molar-refractivity contribution in [1.29, 1.82) is 0 Å². The van der Waals surface area contributed by atoms with Crippen LogP contribution in [0.2, 0.25) is 0 Å². The molecule has 5 nitrogen and oxygen atoms in total. The van der Waals surface area contributed by atoms with Crippen molar-refractivity contribution < 1.29 is 4.42 Å². The third-order valence-corrected chi connectivity index (χ3v) is 11.2. The Labute approximate surface area is 320 Å². The molecule has 9 aromatic carbocycles. The van der Waals surface area contributed by atoms with Gasteiger partial charge in [0.05, 0.1) is 16.7 Å². The van der Waals surface area contributed by atoms with Crippen molar-refractivity contribution in [2.75, 3.05) is 0 Å². The fraction of sp³-hybridized carbons (Fsp3) is 0. The van der Waals surface area contributed by atoms with E-state index in [1.54, 1.807) is 0 Å². The summed E-state index contributed by atoms with van der Waals surface area (Å²) in [4.78, 5) is 16.0. The molecule has 0 N–H and O–H groups in total. The van der Waals surface area contributed by atoms with Gasteiger partial charge in [-0.1, -0.05) is 140 Å². The fourth-order valence-electron chi connectivity index (χ4n) is 8.70. The largest absolute Gasteiger partial charge is 0.456 e. The lowest BCUT2D eigenvalue weighted by Crippen LogP contribution is -2.03. The molecule has 0 aliphatic carbocycles. The summed E-state index contributed by atoms with van der Waals surface area (Å²) >= 11 is 0. The lowest BCUT2D eigenvalue weighted by atomic mass is 9.96. The van der Waals surface area contributed by atoms with E-state index in [9.17, 15) is 0 Å². The second-order valence-electron chi connectivity index (χ2n) is 14.4. The topological polar surface area (TPSA) is 56.7 Å². The minimum absolute atomic E-state index is 0.586. The van der Waals surface area contributed by atoms with Gasteiger partial charge in [-0.25, -0.2) is 15.0 Å². The molecule has 12 rings (SSSR count). The van der Waals surface area contributed by atoms with Crippen LogP contribution < -0.4 is 0 Å². The highest BCUT2D eigenvalue weighted by atomic mass is 16.3. The molecule has 5 heteroatoms. The number of rotatable bonds is 4. The summed E-state index contributed by atoms with van der Waals surface area (Å²) < 4.78 is 8.67. The zero-order valence-corrected chi connectivity index (χ0v) is 30.0. The van der Waals surface area contributed by atoms with Gasteiger partial charge in [0.25, 0.3) is 0 Å². The minimum Gasteiger partial charge on any atom is -0.456 e. The summed E-state index contributed by atoms with van der Waals surface area (Å²) in [5, 5.41) is 11.6. The van der Waals surface area contributed by atoms with E-state index in [0.29, 0.717) is 17.5 Å². The highest BCUT2D eigenvalue weighted by Crippen LogP contribution is 2.40. The predicted molar refractivity (Wildman–Crippen MR) is 230 cm³/mol. The molecule has 260 valence electrons. The zero-order chi connectivity index (χ0) is 36.7. The summed E-state index contributed by atoms with van der Waals surface area (Å²) in [6, 6.07) is 63.9. The SMILES string of the molecule is c1ccc(-n2c3ccccc3c3ccccc32)c(-c2nc(-c3ccc4ccc5c6ccccc6ccc5c4c3)nc(-c3cccc4oc5ccccc5c34)n2)c1. The Morgan fingerprint density at radius 3 is 1.71 bits per heavy atom. The highest BCUT2D eigenvalue weighted by molar-refractivity contribution is 6.18. The van der Waals surface area contributed by atoms with Crippen molar-refractivity contribution in [3.05, 3.63) is 182 Å². The molecule has 0 unspecified atom stereocenters. The van der Waals surface area contributed by atoms with E-state index in [0.717, 1.165) is 66.1 Å². The normalized spacial score (nSPS) is 11.9. The summed E-state index contributed by atoms with van der Waals surface area (Å²) in [6.07, 6.45) is 0. The Balaban J connectivity index is 1.14. The average Bonchev–Trinajstić information content (AvgIpc) is 3.82. The van der Waals surface area contributed by atoms with Gasteiger partial charge in [-0.3, -0.25) is 0 Å². The van der Waals surface area contributed by atoms with Crippen molar-refractivity contribution in [1.82, 2.24) is 19.5 Å². The van der Waals surface area contributed by atoms with E-state index < -0.39 is 0 Å². The van der Waals surface area contributed by atoms with Crippen LogP contribution in [0.5, 0.6) is 0 Å². The Morgan fingerprint density at radius 2 is 0.911 bits per heavy atom. The van der Waals surface area contributed by atoms with Gasteiger partial charge in [0.15, 0.2) is 17.5 Å². The molecule has 0 atom stereocenters. The number of para-hydroxylation sites is 4. The smallest absolute Gasteiger partial charge is 0.166 e. The van der Waals surface area contributed by atoms with Gasteiger partial charge in [-0.2, -0.15) is 0 Å². The second kappa shape index (κ2) is 11.9. The lowest BCUT2D eigenvalue weighted by Gasteiger charge is -2.15. The molecular formula is C51H30N4O. The molecule has 0 aliphatic rings. The van der Waals surface area contributed by atoms with Crippen molar-refractivity contribution in [2.45, 2.75) is 0 Å². The van der Waals surface area contributed by atoms with Crippen LogP contribution in [-0.2, 0) is 0 Å². The van der Waals surface area contributed by atoms with Crippen molar-refractivity contribution in [2.24, 2.45) is 0 Å². The summed E-state index contributed by atoms with van der Waals surface area (Å²) in [5.41, 5.74) is 7.59. The number of benzene rings is 9. The molecule has 3 aromatic heterocycles. The lowest BCUT2D eigenvalue weighted by molar-refractivity contribution is 0.669. The van der Waals surface area contributed by atoms with Gasteiger partial charge in [0, 0.05) is 38.2 Å². The van der Waals surface area contributed by atoms with Crippen LogP contribution in [0.4, 0.5) is 0 Å². The van der Waals surface area contributed by atoms with E-state index in [-0.39, 0.29) is 0 Å². The van der Waals surface area contributed by atoms with Gasteiger partial charge in [-0.15, -0.1) is 0 Å². The summed E-state index contributed by atoms with van der Waals surface area (Å²) in [7, 11) is 0. The van der Waals surface area contributed by atoms with Crippen LogP contribution in [0, 0.1) is 0 Å². The summed E-state index contributed by atoms with van der Waals surface area (Å²) in [6.45, 7) is 0. The van der Waals surface area contributed by atoms with E-state index in [2.05, 4.69) is 156 Å². The molecule has 0 saturated heterocycles. The predicted octanol–water partition coefficient (Wildman–Crippen LogP) is 13.3. The van der Waals surface area contributed by atoms with Gasteiger partial charge >= 0.3 is 0 Å². The molecule has 0 radical (unpaired) electrons. The van der Waals surface area contributed by atoms with Crippen LogP contribution in [0.1, 0.15) is 0 Å². The van der Waals surface area contributed by atoms with E-state index in [4.69, 9.17) is 19.4 Å². The van der Waals surface area contributed by atoms with Gasteiger partial charge in [-0.05, 0) is 74.8 Å². The first-order valence-corrected chi connectivity index (χ1v) is 18.9. The quantitative estimate of drug-likeness (QED) is 0.170. The molecule has 0 fully saturated rings. The molecule has 0 saturated carbocycles. The first-order valence-electron chi connectivity index (χ1n) is 18.9. The monoisotopic (exact) mass is 714 g/mol. The van der Waals surface area contributed by atoms with Crippen LogP contribution >= 0.6 is 0 Å². The molecule has 0 bridgehead atoms. The van der Waals surface area contributed by atoms with Gasteiger partial charge < -0.3 is 8.98 Å². The number of aromatic nitrogens is 4. The maximum Gasteiger partial charge on any atom is 0.166 e. The molecule has 0 amide bonds. The van der Waals surface area contributed by atoms with E-state index >= 15 is 0 Å². The highest BCUT2D eigenvalue weighted by Gasteiger charge is 2.21. The van der Waals surface area contributed by atoms with Crippen molar-refractivity contribution in [3.63, 3.8) is 0 Å². The Bertz CT molecular complexity index is 3510. The zero-order valence-electron chi connectivity index (χ0n) is 30.0. The molecule has 56 heavy (non-hydrogen) atoms. The maximum absolute atomic E-state index is 6.34. The average molecular weight is 715 g/mol. The third-order valence-electron chi connectivity index (χ3n) is 11.2. The minimum atomic E-state index is 0.586. The van der Waals surface area contributed by atoms with Crippen LogP contribution in [0.25, 0.3) is 116 Å². The second-order valence-corrected chi connectivity index (χ2v) is 14.4. The Morgan fingerprint density at radius 1 is 0.357 bits per heavy atom. The summed E-state index contributed by atoms with van der Waals surface area (Å²) in [5.74, 6) is 1.78. The Hall–Kier alpha value is -7.63. The van der Waals surface area contributed by atoms with Crippen LogP contribution in [0.15, 0.2) is 186 Å². The van der Waals surface area contributed by atoms with Crippen molar-refractivity contribution in [3.8, 4) is 39.9 Å². The Kier molecular flexibility index (Phi) is 6.56. The molecule has 12 aromatic rings. The number of hydrogen-bond acceptors (Lipinski definition) is 4. The van der Waals surface area contributed by atoms with Gasteiger partial charge in [0.2, 0.25) is 0 Å². The van der Waals surface area contributed by atoms with Crippen LogP contribution in [0.3, 0.4) is 0 Å². The number of fused-ring (bicyclic) bond motifs is 11. The third kappa shape index (κ3) is 4.58. The molecular weight excluding hydrogens is 685 g/mol. The van der Waals surface area contributed by atoms with E-state index in [1.165, 1.54) is 32.3 Å². The van der Waals surface area contributed by atoms with Crippen LogP contribution in [-0.4, -0.2) is 19.5 Å². The first kappa shape index (κ1) is 30.8. The van der Waals surface area contributed by atoms with Gasteiger partial charge in [0.1, 0.15) is 11.2 Å². The molecule has 3 heterocycles. The molecule has 0 aliphatic heterocycles. The number of nitrogens with zero attached hydrogens (tertiary/aromatic N) is 4. The maximum atomic E-state index is 6.34. The fourth-order valence-corrected chi connectivity index (χ4v) is 8.70. The van der Waals surface area contributed by atoms with E-state index in [1.807, 2.05) is 30.3 Å². The first-order chi connectivity index (χ1) is 27.8. The molecule has 0 spiro atoms. The number of hydrogen-bond donors (Lipinski definition) is 0. The standard InChI is InChI=1S/C51H30N4O/c1-2-13-34-31(12-1)26-29-36-35(34)28-27-32-24-25-33(30-42(32)36)49-52-50(54-51(53-49)41-18-11-23-47-48(41)40-17-6-10-22-46(40)56-47)39-16-5-9-21-45(39)55-43-19-7-3-14-37(43)38-15-4-8-20-44(38)55/h1-30H.